The lowest BCUT2D eigenvalue weighted by molar-refractivity contribution is 0.0970. The van der Waals surface area contributed by atoms with Crippen molar-refractivity contribution in [1.82, 2.24) is 12.3 Å². The number of hydrogen-bond donors (Lipinski definition) is 4. The average Bonchev–Trinajstić information content (AvgIpc) is 2.68. The van der Waals surface area contributed by atoms with Crippen molar-refractivity contribution in [3.63, 3.8) is 0 Å². The zero-order valence-corrected chi connectivity index (χ0v) is 18.8. The molecule has 0 aromatic heterocycles. The van der Waals surface area contributed by atoms with Crippen molar-refractivity contribution in [3.05, 3.63) is 71.8 Å². The van der Waals surface area contributed by atoms with Crippen molar-refractivity contribution in [2.24, 2.45) is 0 Å². The van der Waals surface area contributed by atoms with Crippen molar-refractivity contribution in [2.75, 3.05) is 0 Å². The predicted octanol–water partition coefficient (Wildman–Crippen LogP) is 6.49. The summed E-state index contributed by atoms with van der Waals surface area (Å²) in [5.41, 5.74) is 2.89. The quantitative estimate of drug-likeness (QED) is 0.311. The van der Waals surface area contributed by atoms with Crippen LogP contribution in [0.25, 0.3) is 0 Å². The second-order valence-corrected chi connectivity index (χ2v) is 6.39. The molecule has 0 unspecified atom stereocenters. The molecule has 0 radical (unpaired) electrons. The van der Waals surface area contributed by atoms with Gasteiger partial charge in [0.25, 0.3) is 0 Å². The van der Waals surface area contributed by atoms with Crippen molar-refractivity contribution < 1.29 is 19.8 Å². The van der Waals surface area contributed by atoms with E-state index in [1.54, 1.807) is 36.4 Å². The van der Waals surface area contributed by atoms with E-state index in [-0.39, 0.29) is 35.4 Å². The summed E-state index contributed by atoms with van der Waals surface area (Å²) in [6.45, 7) is 13.7. The third-order valence-electron chi connectivity index (χ3n) is 3.86. The van der Waals surface area contributed by atoms with E-state index in [2.05, 4.69) is 13.2 Å². The van der Waals surface area contributed by atoms with E-state index in [9.17, 15) is 19.8 Å². The first-order valence-corrected chi connectivity index (χ1v) is 9.45. The number of carbonyl (C=O) groups excluding carboxylic acids is 2. The number of benzene rings is 2. The Hall–Kier alpha value is -2.96. The van der Waals surface area contributed by atoms with Gasteiger partial charge in [0.05, 0.1) is 11.1 Å². The third kappa shape index (κ3) is 10.5. The highest BCUT2D eigenvalue weighted by Gasteiger charge is 2.10. The van der Waals surface area contributed by atoms with Gasteiger partial charge in [0.2, 0.25) is 0 Å². The summed E-state index contributed by atoms with van der Waals surface area (Å²) in [7, 11) is 0. The van der Waals surface area contributed by atoms with Crippen molar-refractivity contribution in [2.45, 2.75) is 53.4 Å². The lowest BCUT2D eigenvalue weighted by Gasteiger charge is -2.03. The van der Waals surface area contributed by atoms with Gasteiger partial charge in [0.15, 0.2) is 11.6 Å². The van der Waals surface area contributed by atoms with Gasteiger partial charge < -0.3 is 22.5 Å². The van der Waals surface area contributed by atoms with Crippen LogP contribution in [-0.4, -0.2) is 21.8 Å². The van der Waals surface area contributed by atoms with Crippen LogP contribution in [0.2, 0.25) is 0 Å². The number of Topliss-reactive ketones (excluding diaryl/α,β-unsaturated/α-hetero) is 2. The SMILES string of the molecule is C=C.CCCC(=O)c1cc(C)ccc1O.CCCC(=O)c1cc(C)ccc1O.N.N. The van der Waals surface area contributed by atoms with Crippen molar-refractivity contribution in [3.8, 4) is 11.5 Å². The van der Waals surface area contributed by atoms with Gasteiger partial charge in [0, 0.05) is 12.8 Å². The predicted molar refractivity (Wildman–Crippen MR) is 125 cm³/mol. The summed E-state index contributed by atoms with van der Waals surface area (Å²) in [5, 5.41) is 18.8. The van der Waals surface area contributed by atoms with Crippen LogP contribution in [0.15, 0.2) is 49.6 Å². The fraction of sp³-hybridized carbons (Fsp3) is 0.333. The molecule has 6 heteroatoms. The highest BCUT2D eigenvalue weighted by molar-refractivity contribution is 5.99. The molecule has 6 nitrogen and oxygen atoms in total. The Labute approximate surface area is 180 Å². The van der Waals surface area contributed by atoms with Gasteiger partial charge >= 0.3 is 0 Å². The normalized spacial score (nSPS) is 8.80. The molecule has 0 heterocycles. The largest absolute Gasteiger partial charge is 0.507 e. The van der Waals surface area contributed by atoms with E-state index in [0.717, 1.165) is 24.0 Å². The number of aryl methyl sites for hydroxylation is 2. The average molecular weight is 419 g/mol. The van der Waals surface area contributed by atoms with E-state index >= 15 is 0 Å². The molecule has 0 atom stereocenters. The maximum atomic E-state index is 11.5. The molecule has 0 spiro atoms. The van der Waals surface area contributed by atoms with Crippen LogP contribution in [-0.2, 0) is 0 Å². The minimum Gasteiger partial charge on any atom is -0.507 e. The van der Waals surface area contributed by atoms with E-state index in [1.165, 1.54) is 0 Å². The van der Waals surface area contributed by atoms with Crippen LogP contribution in [0, 0.1) is 13.8 Å². The molecule has 0 saturated carbocycles. The van der Waals surface area contributed by atoms with Crippen molar-refractivity contribution >= 4 is 11.6 Å². The van der Waals surface area contributed by atoms with Crippen LogP contribution >= 0.6 is 0 Å². The standard InChI is InChI=1S/2C11H14O2.C2H4.2H3N/c2*1-3-4-10(12)9-7-8(2)5-6-11(9)13;1-2;;/h2*5-7,13H,3-4H2,1-2H3;1-2H2;2*1H3. The van der Waals surface area contributed by atoms with Gasteiger partial charge in [-0.05, 0) is 51.0 Å². The Bertz CT molecular complexity index is 723. The molecule has 2 rings (SSSR count). The fourth-order valence-corrected chi connectivity index (χ4v) is 2.47. The third-order valence-corrected chi connectivity index (χ3v) is 3.86. The molecule has 168 valence electrons. The van der Waals surface area contributed by atoms with E-state index in [4.69, 9.17) is 0 Å². The molecule has 0 aliphatic rings. The molecule has 30 heavy (non-hydrogen) atoms. The maximum Gasteiger partial charge on any atom is 0.166 e. The molecule has 8 N–H and O–H groups in total. The summed E-state index contributed by atoms with van der Waals surface area (Å²) in [6, 6.07) is 10.2. The molecular formula is C24H38N2O4. The molecular weight excluding hydrogens is 380 g/mol. The van der Waals surface area contributed by atoms with E-state index < -0.39 is 0 Å². The van der Waals surface area contributed by atoms with Gasteiger partial charge in [-0.2, -0.15) is 0 Å². The molecule has 2 aromatic carbocycles. The van der Waals surface area contributed by atoms with E-state index in [1.807, 2.05) is 27.7 Å². The zero-order valence-electron chi connectivity index (χ0n) is 18.8. The lowest BCUT2D eigenvalue weighted by Crippen LogP contribution is -1.98. The first-order chi connectivity index (χ1) is 13.3. The van der Waals surface area contributed by atoms with Gasteiger partial charge in [-0.25, -0.2) is 0 Å². The van der Waals surface area contributed by atoms with Crippen molar-refractivity contribution in [1.29, 1.82) is 0 Å². The van der Waals surface area contributed by atoms with Crippen LogP contribution in [0.3, 0.4) is 0 Å². The number of ketones is 2. The van der Waals surface area contributed by atoms with E-state index in [0.29, 0.717) is 24.0 Å². The number of carbonyl (C=O) groups is 2. The Morgan fingerprint density at radius 3 is 1.30 bits per heavy atom. The highest BCUT2D eigenvalue weighted by Crippen LogP contribution is 2.21. The molecule has 0 bridgehead atoms. The molecule has 0 aliphatic heterocycles. The van der Waals surface area contributed by atoms with Gasteiger partial charge in [-0.1, -0.05) is 37.1 Å². The first kappa shape index (κ1) is 31.7. The molecule has 0 fully saturated rings. The van der Waals surface area contributed by atoms with Crippen LogP contribution in [0.1, 0.15) is 71.4 Å². The maximum absolute atomic E-state index is 11.5. The molecule has 0 saturated heterocycles. The van der Waals surface area contributed by atoms with Crippen LogP contribution < -0.4 is 12.3 Å². The van der Waals surface area contributed by atoms with Gasteiger partial charge in [0.1, 0.15) is 11.5 Å². The summed E-state index contributed by atoms with van der Waals surface area (Å²) in [5.74, 6) is 0.209. The Balaban J connectivity index is -0.000000423. The van der Waals surface area contributed by atoms with Gasteiger partial charge in [-0.3, -0.25) is 9.59 Å². The minimum absolute atomic E-state index is 0. The first-order valence-electron chi connectivity index (χ1n) is 9.45. The monoisotopic (exact) mass is 418 g/mol. The number of phenolic OH excluding ortho intramolecular Hbond substituents is 2. The summed E-state index contributed by atoms with van der Waals surface area (Å²) in [4.78, 5) is 22.9. The number of hydrogen-bond acceptors (Lipinski definition) is 6. The fourth-order valence-electron chi connectivity index (χ4n) is 2.47. The summed E-state index contributed by atoms with van der Waals surface area (Å²) >= 11 is 0. The second-order valence-electron chi connectivity index (χ2n) is 6.39. The van der Waals surface area contributed by atoms with Crippen LogP contribution in [0.4, 0.5) is 0 Å². The molecule has 0 amide bonds. The number of rotatable bonds is 6. The highest BCUT2D eigenvalue weighted by atomic mass is 16.3. The number of phenols is 2. The van der Waals surface area contributed by atoms with Gasteiger partial charge in [-0.15, -0.1) is 13.2 Å². The summed E-state index contributed by atoms with van der Waals surface area (Å²) in [6.07, 6.45) is 2.62. The lowest BCUT2D eigenvalue weighted by atomic mass is 10.0. The molecule has 0 aliphatic carbocycles. The summed E-state index contributed by atoms with van der Waals surface area (Å²) < 4.78 is 0. The minimum atomic E-state index is 0. The second kappa shape index (κ2) is 16.9. The topological polar surface area (TPSA) is 145 Å². The zero-order chi connectivity index (χ0) is 21.7. The smallest absolute Gasteiger partial charge is 0.166 e. The number of aromatic hydroxyl groups is 2. The Kier molecular flexibility index (Phi) is 17.9. The van der Waals surface area contributed by atoms with Crippen LogP contribution in [0.5, 0.6) is 11.5 Å². The Morgan fingerprint density at radius 2 is 1.03 bits per heavy atom. The Morgan fingerprint density at radius 1 is 0.733 bits per heavy atom. The molecule has 2 aromatic rings.